The molecule has 6 nitrogen and oxygen atoms in total. The lowest BCUT2D eigenvalue weighted by atomic mass is 10.1. The second kappa shape index (κ2) is 11.9. The maximum Gasteiger partial charge on any atom is 0.253 e. The van der Waals surface area contributed by atoms with E-state index < -0.39 is 0 Å². The number of nitrogens with one attached hydrogen (secondary N) is 3. The molecule has 0 atom stereocenters. The Morgan fingerprint density at radius 3 is 2.57 bits per heavy atom. The monoisotopic (exact) mass is 343 g/mol. The van der Waals surface area contributed by atoms with Gasteiger partial charge in [0.05, 0.1) is 24.4 Å². The van der Waals surface area contributed by atoms with Gasteiger partial charge >= 0.3 is 0 Å². The van der Waals surface area contributed by atoms with Gasteiger partial charge in [-0.05, 0) is 18.1 Å². The molecule has 0 fully saturated rings. The predicted octanol–water partition coefficient (Wildman–Crippen LogP) is 1.67. The highest BCUT2D eigenvalue weighted by Crippen LogP contribution is 2.14. The summed E-state index contributed by atoms with van der Waals surface area (Å²) in [7, 11) is 1.60. The first-order valence-electron chi connectivity index (χ1n) is 7.41. The van der Waals surface area contributed by atoms with Gasteiger partial charge in [0.1, 0.15) is 0 Å². The Morgan fingerprint density at radius 2 is 1.91 bits per heavy atom. The number of anilines is 1. The van der Waals surface area contributed by atoms with Crippen LogP contribution in [-0.2, 0) is 9.53 Å². The Labute approximate surface area is 143 Å². The Kier molecular flexibility index (Phi) is 11.0. The minimum atomic E-state index is -0.194. The van der Waals surface area contributed by atoms with Crippen molar-refractivity contribution in [1.29, 1.82) is 0 Å². The molecule has 0 aliphatic carbocycles. The third-order valence-electron chi connectivity index (χ3n) is 2.89. The van der Waals surface area contributed by atoms with Crippen LogP contribution < -0.4 is 16.0 Å². The molecule has 3 N–H and O–H groups in total. The summed E-state index contributed by atoms with van der Waals surface area (Å²) >= 11 is 0. The second-order valence-corrected chi connectivity index (χ2v) is 5.37. The van der Waals surface area contributed by atoms with Crippen LogP contribution in [0.1, 0.15) is 24.2 Å². The van der Waals surface area contributed by atoms with E-state index in [0.29, 0.717) is 36.9 Å². The van der Waals surface area contributed by atoms with Gasteiger partial charge in [0, 0.05) is 20.2 Å². The maximum absolute atomic E-state index is 12.2. The lowest BCUT2D eigenvalue weighted by molar-refractivity contribution is -0.115. The summed E-state index contributed by atoms with van der Waals surface area (Å²) in [6, 6.07) is 6.98. The van der Waals surface area contributed by atoms with Crippen molar-refractivity contribution in [2.75, 3.05) is 38.7 Å². The van der Waals surface area contributed by atoms with Crippen molar-refractivity contribution in [3.8, 4) is 0 Å². The molecule has 0 heterocycles. The zero-order chi connectivity index (χ0) is 16.4. The lowest BCUT2D eigenvalue weighted by Crippen LogP contribution is -2.32. The number of hydrogen-bond acceptors (Lipinski definition) is 4. The molecule has 0 spiro atoms. The molecule has 0 saturated heterocycles. The fraction of sp³-hybridized carbons (Fsp3) is 0.500. The van der Waals surface area contributed by atoms with Gasteiger partial charge in [0.25, 0.3) is 5.91 Å². The smallest absolute Gasteiger partial charge is 0.253 e. The molecule has 1 rings (SSSR count). The number of amides is 2. The molecule has 0 radical (unpaired) electrons. The van der Waals surface area contributed by atoms with Gasteiger partial charge in [-0.2, -0.15) is 0 Å². The number of carbonyl (C=O) groups excluding carboxylic acids is 2. The molecule has 0 bridgehead atoms. The summed E-state index contributed by atoms with van der Waals surface area (Å²) in [5.41, 5.74) is 0.982. The first-order chi connectivity index (χ1) is 10.5. The summed E-state index contributed by atoms with van der Waals surface area (Å²) in [5, 5.41) is 8.56. The normalized spacial score (nSPS) is 10.1. The highest BCUT2D eigenvalue weighted by atomic mass is 35.5. The van der Waals surface area contributed by atoms with Crippen molar-refractivity contribution in [2.45, 2.75) is 13.8 Å². The van der Waals surface area contributed by atoms with Gasteiger partial charge in [-0.15, -0.1) is 12.4 Å². The average molecular weight is 344 g/mol. The minimum absolute atomic E-state index is 0. The van der Waals surface area contributed by atoms with E-state index in [9.17, 15) is 9.59 Å². The highest BCUT2D eigenvalue weighted by Gasteiger charge is 2.12. The Bertz CT molecular complexity index is 495. The molecule has 1 aromatic rings. The van der Waals surface area contributed by atoms with Crippen LogP contribution >= 0.6 is 12.4 Å². The molecule has 23 heavy (non-hydrogen) atoms. The van der Waals surface area contributed by atoms with Crippen molar-refractivity contribution in [2.24, 2.45) is 5.92 Å². The molecular weight excluding hydrogens is 318 g/mol. The summed E-state index contributed by atoms with van der Waals surface area (Å²) in [6.45, 7) is 5.96. The van der Waals surface area contributed by atoms with E-state index >= 15 is 0 Å². The van der Waals surface area contributed by atoms with Crippen LogP contribution in [0.4, 0.5) is 5.69 Å². The molecule has 0 aliphatic rings. The summed E-state index contributed by atoms with van der Waals surface area (Å²) < 4.78 is 4.89. The van der Waals surface area contributed by atoms with Crippen molar-refractivity contribution in [3.63, 3.8) is 0 Å². The van der Waals surface area contributed by atoms with Gasteiger partial charge in [0.15, 0.2) is 0 Å². The standard InChI is InChI=1S/C16H25N3O3.ClH/c1-12(2)10-18-16(21)13-6-4-5-7-14(13)19-15(20)11-17-8-9-22-3;/h4-7,12,17H,8-11H2,1-3H3,(H,18,21)(H,19,20);1H. The number of hydrogen-bond donors (Lipinski definition) is 3. The number of benzene rings is 1. The molecule has 0 saturated carbocycles. The molecule has 1 aromatic carbocycles. The van der Waals surface area contributed by atoms with Crippen LogP contribution in [0.25, 0.3) is 0 Å². The average Bonchev–Trinajstić information content (AvgIpc) is 2.49. The lowest BCUT2D eigenvalue weighted by Gasteiger charge is -2.12. The summed E-state index contributed by atoms with van der Waals surface area (Å²) in [6.07, 6.45) is 0. The highest BCUT2D eigenvalue weighted by molar-refractivity contribution is 6.04. The largest absolute Gasteiger partial charge is 0.383 e. The molecule has 0 aliphatic heterocycles. The zero-order valence-electron chi connectivity index (χ0n) is 13.8. The number of para-hydroxylation sites is 1. The molecule has 130 valence electrons. The number of methoxy groups -OCH3 is 1. The first kappa shape index (κ1) is 21.4. The van der Waals surface area contributed by atoms with Gasteiger partial charge in [-0.1, -0.05) is 26.0 Å². The number of halogens is 1. The van der Waals surface area contributed by atoms with E-state index in [1.807, 2.05) is 13.8 Å². The van der Waals surface area contributed by atoms with E-state index in [4.69, 9.17) is 4.74 Å². The van der Waals surface area contributed by atoms with Crippen molar-refractivity contribution >= 4 is 29.9 Å². The van der Waals surface area contributed by atoms with Crippen molar-refractivity contribution in [3.05, 3.63) is 29.8 Å². The second-order valence-electron chi connectivity index (χ2n) is 5.37. The van der Waals surface area contributed by atoms with E-state index in [1.165, 1.54) is 0 Å². The Morgan fingerprint density at radius 1 is 1.22 bits per heavy atom. The topological polar surface area (TPSA) is 79.5 Å². The Balaban J connectivity index is 0.00000484. The van der Waals surface area contributed by atoms with Gasteiger partial charge in [-0.3, -0.25) is 9.59 Å². The number of rotatable bonds is 9. The number of carbonyl (C=O) groups is 2. The van der Waals surface area contributed by atoms with Gasteiger partial charge in [-0.25, -0.2) is 0 Å². The summed E-state index contributed by atoms with van der Waals surface area (Å²) in [4.78, 5) is 24.0. The van der Waals surface area contributed by atoms with Crippen LogP contribution in [0.3, 0.4) is 0 Å². The van der Waals surface area contributed by atoms with Crippen molar-refractivity contribution in [1.82, 2.24) is 10.6 Å². The molecule has 2 amide bonds. The molecule has 7 heteroatoms. The van der Waals surface area contributed by atoms with E-state index in [2.05, 4.69) is 16.0 Å². The van der Waals surface area contributed by atoms with E-state index in [1.54, 1.807) is 31.4 Å². The fourth-order valence-electron chi connectivity index (χ4n) is 1.75. The van der Waals surface area contributed by atoms with E-state index in [-0.39, 0.29) is 30.8 Å². The van der Waals surface area contributed by atoms with Gasteiger partial charge < -0.3 is 20.7 Å². The van der Waals surface area contributed by atoms with Crippen LogP contribution in [0.5, 0.6) is 0 Å². The third-order valence-corrected chi connectivity index (χ3v) is 2.89. The minimum Gasteiger partial charge on any atom is -0.383 e. The van der Waals surface area contributed by atoms with Crippen LogP contribution in [0.2, 0.25) is 0 Å². The van der Waals surface area contributed by atoms with Crippen molar-refractivity contribution < 1.29 is 14.3 Å². The maximum atomic E-state index is 12.2. The third kappa shape index (κ3) is 8.54. The van der Waals surface area contributed by atoms with E-state index in [0.717, 1.165) is 0 Å². The fourth-order valence-corrected chi connectivity index (χ4v) is 1.75. The van der Waals surface area contributed by atoms with Crippen LogP contribution in [0, 0.1) is 5.92 Å². The van der Waals surface area contributed by atoms with Gasteiger partial charge in [0.2, 0.25) is 5.91 Å². The predicted molar refractivity (Wildman–Crippen MR) is 94.2 cm³/mol. The SMILES string of the molecule is COCCNCC(=O)Nc1ccccc1C(=O)NCC(C)C.Cl. The zero-order valence-corrected chi connectivity index (χ0v) is 14.7. The molecular formula is C16H26ClN3O3. The number of ether oxygens (including phenoxy) is 1. The quantitative estimate of drug-likeness (QED) is 0.596. The van der Waals surface area contributed by atoms with Crippen LogP contribution in [0.15, 0.2) is 24.3 Å². The Hall–Kier alpha value is -1.63. The van der Waals surface area contributed by atoms with Crippen LogP contribution in [-0.4, -0.2) is 45.2 Å². The molecule has 0 aromatic heterocycles. The molecule has 0 unspecified atom stereocenters. The summed E-state index contributed by atoms with van der Waals surface area (Å²) in [5.74, 6) is -0.00663. The first-order valence-corrected chi connectivity index (χ1v) is 7.41.